The van der Waals surface area contributed by atoms with Crippen LogP contribution in [0.25, 0.3) is 0 Å². The largest absolute Gasteiger partial charge is 0.489 e. The molecule has 1 aromatic carbocycles. The van der Waals surface area contributed by atoms with Crippen molar-refractivity contribution in [1.29, 1.82) is 0 Å². The van der Waals surface area contributed by atoms with Crippen LogP contribution in [0, 0.1) is 0 Å². The number of carbonyl (C=O) groups excluding carboxylic acids is 1. The van der Waals surface area contributed by atoms with Crippen molar-refractivity contribution in [2.24, 2.45) is 4.99 Å². The van der Waals surface area contributed by atoms with Crippen molar-refractivity contribution in [3.8, 4) is 5.75 Å². The molecule has 1 fully saturated rings. The zero-order valence-electron chi connectivity index (χ0n) is 15.7. The Hall–Kier alpha value is -2.50. The maximum Gasteiger partial charge on any atom is 0.222 e. The Morgan fingerprint density at radius 3 is 2.96 bits per heavy atom. The van der Waals surface area contributed by atoms with Crippen molar-refractivity contribution < 1.29 is 9.53 Å². The summed E-state index contributed by atoms with van der Waals surface area (Å²) >= 11 is 0. The van der Waals surface area contributed by atoms with Crippen LogP contribution in [-0.4, -0.2) is 49.6 Å². The van der Waals surface area contributed by atoms with Gasteiger partial charge in [0.1, 0.15) is 12.4 Å². The first-order valence-electron chi connectivity index (χ1n) is 9.36. The van der Waals surface area contributed by atoms with E-state index in [4.69, 9.17) is 4.74 Å². The second-order valence-electron chi connectivity index (χ2n) is 6.17. The van der Waals surface area contributed by atoms with Crippen molar-refractivity contribution in [1.82, 2.24) is 15.5 Å². The summed E-state index contributed by atoms with van der Waals surface area (Å²) in [6, 6.07) is 7.90. The molecule has 0 aromatic heterocycles. The average Bonchev–Trinajstić information content (AvgIpc) is 3.07. The van der Waals surface area contributed by atoms with Gasteiger partial charge in [0.15, 0.2) is 5.96 Å². The minimum absolute atomic E-state index is 0.279. The topological polar surface area (TPSA) is 66.0 Å². The second-order valence-corrected chi connectivity index (χ2v) is 6.17. The molecule has 2 N–H and O–H groups in total. The highest BCUT2D eigenvalue weighted by atomic mass is 16.5. The van der Waals surface area contributed by atoms with E-state index in [0.29, 0.717) is 19.6 Å². The molecule has 0 bridgehead atoms. The number of likely N-dealkylation sites (tertiary alicyclic amines) is 1. The fraction of sp³-hybridized carbons (Fsp3) is 0.500. The lowest BCUT2D eigenvalue weighted by molar-refractivity contribution is -0.127. The van der Waals surface area contributed by atoms with Crippen molar-refractivity contribution in [2.75, 3.05) is 32.8 Å². The number of aliphatic imine (C=N–C) groups is 1. The number of amides is 1. The normalized spacial score (nSPS) is 14.4. The lowest BCUT2D eigenvalue weighted by Gasteiger charge is -2.16. The number of guanidine groups is 1. The van der Waals surface area contributed by atoms with Gasteiger partial charge in [-0.05, 0) is 25.8 Å². The Bertz CT molecular complexity index is 616. The Kier molecular flexibility index (Phi) is 8.52. The third-order valence-corrected chi connectivity index (χ3v) is 4.15. The molecule has 0 radical (unpaired) electrons. The van der Waals surface area contributed by atoms with Crippen LogP contribution >= 0.6 is 0 Å². The van der Waals surface area contributed by atoms with Gasteiger partial charge in [0.25, 0.3) is 0 Å². The fourth-order valence-electron chi connectivity index (χ4n) is 2.85. The van der Waals surface area contributed by atoms with Gasteiger partial charge in [0.2, 0.25) is 5.91 Å². The standard InChI is InChI=1S/C20H30N4O2/c1-3-15-26-18-10-6-5-9-17(18)16-23-20(21-4-2)22-12-8-14-24-13-7-11-19(24)25/h3,5-6,9-10H,1,4,7-8,11-16H2,2H3,(H2,21,22,23). The molecule has 1 aliphatic heterocycles. The summed E-state index contributed by atoms with van der Waals surface area (Å²) in [6.45, 7) is 10.0. The van der Waals surface area contributed by atoms with Gasteiger partial charge in [-0.2, -0.15) is 0 Å². The quantitative estimate of drug-likeness (QED) is 0.292. The number of carbonyl (C=O) groups is 1. The Labute approximate surface area is 156 Å². The lowest BCUT2D eigenvalue weighted by Crippen LogP contribution is -2.39. The van der Waals surface area contributed by atoms with Crippen molar-refractivity contribution in [3.05, 3.63) is 42.5 Å². The average molecular weight is 358 g/mol. The van der Waals surface area contributed by atoms with E-state index in [1.165, 1.54) is 0 Å². The third kappa shape index (κ3) is 6.43. The molecule has 26 heavy (non-hydrogen) atoms. The second kappa shape index (κ2) is 11.2. The van der Waals surface area contributed by atoms with Crippen molar-refractivity contribution >= 4 is 11.9 Å². The highest BCUT2D eigenvalue weighted by Gasteiger charge is 2.18. The lowest BCUT2D eigenvalue weighted by atomic mass is 10.2. The first-order chi connectivity index (χ1) is 12.7. The Morgan fingerprint density at radius 2 is 2.23 bits per heavy atom. The molecule has 1 amide bonds. The molecule has 1 heterocycles. The monoisotopic (exact) mass is 358 g/mol. The number of benzene rings is 1. The number of nitrogens with zero attached hydrogens (tertiary/aromatic N) is 2. The van der Waals surface area contributed by atoms with Crippen LogP contribution < -0.4 is 15.4 Å². The van der Waals surface area contributed by atoms with Crippen LogP contribution in [0.5, 0.6) is 5.75 Å². The molecule has 6 nitrogen and oxygen atoms in total. The molecule has 0 atom stereocenters. The number of para-hydroxylation sites is 1. The van der Waals surface area contributed by atoms with Crippen LogP contribution in [0.3, 0.4) is 0 Å². The molecule has 2 rings (SSSR count). The number of hydrogen-bond acceptors (Lipinski definition) is 3. The molecule has 1 aromatic rings. The SMILES string of the molecule is C=CCOc1ccccc1CN=C(NCC)NCCCN1CCCC1=O. The first kappa shape index (κ1) is 19.8. The summed E-state index contributed by atoms with van der Waals surface area (Å²) in [7, 11) is 0. The van der Waals surface area contributed by atoms with Gasteiger partial charge in [-0.3, -0.25) is 4.79 Å². The van der Waals surface area contributed by atoms with E-state index in [9.17, 15) is 4.79 Å². The summed E-state index contributed by atoms with van der Waals surface area (Å²) in [5, 5.41) is 6.59. The van der Waals surface area contributed by atoms with Gasteiger partial charge in [-0.15, -0.1) is 0 Å². The van der Waals surface area contributed by atoms with Gasteiger partial charge in [-0.1, -0.05) is 30.9 Å². The zero-order valence-corrected chi connectivity index (χ0v) is 15.7. The predicted molar refractivity (Wildman–Crippen MR) is 105 cm³/mol. The van der Waals surface area contributed by atoms with E-state index < -0.39 is 0 Å². The Morgan fingerprint density at radius 1 is 1.38 bits per heavy atom. The van der Waals surface area contributed by atoms with E-state index >= 15 is 0 Å². The maximum atomic E-state index is 11.6. The van der Waals surface area contributed by atoms with Crippen LogP contribution in [0.1, 0.15) is 31.7 Å². The maximum absolute atomic E-state index is 11.6. The zero-order chi connectivity index (χ0) is 18.6. The van der Waals surface area contributed by atoms with Gasteiger partial charge in [0, 0.05) is 38.2 Å². The number of ether oxygens (including phenoxy) is 1. The van der Waals surface area contributed by atoms with Crippen LogP contribution in [-0.2, 0) is 11.3 Å². The summed E-state index contributed by atoms with van der Waals surface area (Å²) in [6.07, 6.45) is 4.33. The Balaban J connectivity index is 1.84. The molecule has 142 valence electrons. The van der Waals surface area contributed by atoms with E-state index in [2.05, 4.69) is 22.2 Å². The fourth-order valence-corrected chi connectivity index (χ4v) is 2.85. The van der Waals surface area contributed by atoms with Gasteiger partial charge >= 0.3 is 0 Å². The molecule has 0 unspecified atom stereocenters. The van der Waals surface area contributed by atoms with E-state index in [-0.39, 0.29) is 5.91 Å². The molecule has 6 heteroatoms. The first-order valence-corrected chi connectivity index (χ1v) is 9.36. The number of hydrogen-bond donors (Lipinski definition) is 2. The number of rotatable bonds is 10. The van der Waals surface area contributed by atoms with Crippen LogP contribution in [0.15, 0.2) is 41.9 Å². The molecular weight excluding hydrogens is 328 g/mol. The molecule has 0 aliphatic carbocycles. The van der Waals surface area contributed by atoms with E-state index in [1.54, 1.807) is 6.08 Å². The minimum Gasteiger partial charge on any atom is -0.489 e. The molecule has 1 aliphatic rings. The van der Waals surface area contributed by atoms with Crippen molar-refractivity contribution in [3.63, 3.8) is 0 Å². The number of nitrogens with one attached hydrogen (secondary N) is 2. The van der Waals surface area contributed by atoms with Crippen LogP contribution in [0.2, 0.25) is 0 Å². The smallest absolute Gasteiger partial charge is 0.222 e. The van der Waals surface area contributed by atoms with Crippen molar-refractivity contribution in [2.45, 2.75) is 32.7 Å². The summed E-state index contributed by atoms with van der Waals surface area (Å²) in [5.74, 6) is 1.89. The van der Waals surface area contributed by atoms with Gasteiger partial charge in [0.05, 0.1) is 6.54 Å². The highest BCUT2D eigenvalue weighted by Crippen LogP contribution is 2.18. The molecular formula is C20H30N4O2. The predicted octanol–water partition coefficient (Wildman–Crippen LogP) is 2.32. The molecule has 0 saturated carbocycles. The van der Waals surface area contributed by atoms with Gasteiger partial charge in [-0.25, -0.2) is 4.99 Å². The van der Waals surface area contributed by atoms with E-state index in [0.717, 1.165) is 56.3 Å². The minimum atomic E-state index is 0.279. The highest BCUT2D eigenvalue weighted by molar-refractivity contribution is 5.80. The van der Waals surface area contributed by atoms with Crippen LogP contribution in [0.4, 0.5) is 0 Å². The summed E-state index contributed by atoms with van der Waals surface area (Å²) in [4.78, 5) is 18.2. The third-order valence-electron chi connectivity index (χ3n) is 4.15. The summed E-state index contributed by atoms with van der Waals surface area (Å²) in [5.41, 5.74) is 1.04. The summed E-state index contributed by atoms with van der Waals surface area (Å²) < 4.78 is 5.68. The molecule has 0 spiro atoms. The molecule has 1 saturated heterocycles. The van der Waals surface area contributed by atoms with Gasteiger partial charge < -0.3 is 20.3 Å². The van der Waals surface area contributed by atoms with E-state index in [1.807, 2.05) is 36.1 Å².